The topological polar surface area (TPSA) is 79.8 Å². The average Bonchev–Trinajstić information content (AvgIpc) is 2.59. The molecule has 0 radical (unpaired) electrons. The maximum absolute atomic E-state index is 13.1. The van der Waals surface area contributed by atoms with Crippen molar-refractivity contribution in [2.75, 3.05) is 17.2 Å². The zero-order valence-corrected chi connectivity index (χ0v) is 13.6. The molecule has 0 aliphatic heterocycles. The van der Waals surface area contributed by atoms with Crippen molar-refractivity contribution in [3.8, 4) is 11.3 Å². The molecule has 2 aromatic heterocycles. The maximum Gasteiger partial charge on any atom is 0.232 e. The molecule has 0 saturated carbocycles. The molecule has 2 heterocycles. The summed E-state index contributed by atoms with van der Waals surface area (Å²) in [6.45, 7) is 5.54. The minimum atomic E-state index is -0.304. The molecule has 3 rings (SSSR count). The third-order valence-corrected chi connectivity index (χ3v) is 3.38. The Labute approximate surface area is 143 Å². The van der Waals surface area contributed by atoms with Gasteiger partial charge in [-0.1, -0.05) is 6.08 Å². The summed E-state index contributed by atoms with van der Waals surface area (Å²) in [5.74, 6) is 0.117. The lowest BCUT2D eigenvalue weighted by Gasteiger charge is -2.10. The van der Waals surface area contributed by atoms with Crippen molar-refractivity contribution in [1.29, 1.82) is 0 Å². The standard InChI is InChI=1S/C18H16FN5O/c1-3-10-20-17-16-15(23-18(24-17)21-11(2)25)9-8-14(22-16)12-4-6-13(19)7-5-12/h3-9H,1,10H2,2H3,(H2,20,21,23,24,25). The van der Waals surface area contributed by atoms with Gasteiger partial charge in [-0.15, -0.1) is 6.58 Å². The molecule has 1 amide bonds. The van der Waals surface area contributed by atoms with Crippen LogP contribution in [0.4, 0.5) is 16.2 Å². The first-order valence-corrected chi connectivity index (χ1v) is 7.64. The molecule has 0 unspecified atom stereocenters. The molecule has 0 aliphatic carbocycles. The zero-order chi connectivity index (χ0) is 17.8. The lowest BCUT2D eigenvalue weighted by atomic mass is 10.1. The van der Waals surface area contributed by atoms with E-state index >= 15 is 0 Å². The van der Waals surface area contributed by atoms with Crippen LogP contribution in [0.25, 0.3) is 22.3 Å². The lowest BCUT2D eigenvalue weighted by molar-refractivity contribution is -0.114. The van der Waals surface area contributed by atoms with Crippen molar-refractivity contribution in [2.45, 2.75) is 6.92 Å². The number of benzene rings is 1. The molecule has 7 heteroatoms. The number of halogens is 1. The van der Waals surface area contributed by atoms with Crippen LogP contribution in [0.3, 0.4) is 0 Å². The number of carbonyl (C=O) groups excluding carboxylic acids is 1. The minimum Gasteiger partial charge on any atom is -0.365 e. The summed E-state index contributed by atoms with van der Waals surface area (Å²) >= 11 is 0. The van der Waals surface area contributed by atoms with Crippen LogP contribution in [0, 0.1) is 5.82 Å². The molecule has 1 aromatic carbocycles. The molecule has 0 atom stereocenters. The molecule has 2 N–H and O–H groups in total. The predicted octanol–water partition coefficient (Wildman–Crippen LogP) is 3.39. The van der Waals surface area contributed by atoms with Gasteiger partial charge in [0.05, 0.1) is 11.2 Å². The Balaban J connectivity index is 2.11. The highest BCUT2D eigenvalue weighted by Crippen LogP contribution is 2.25. The Bertz CT molecular complexity index is 940. The Morgan fingerprint density at radius 3 is 2.60 bits per heavy atom. The summed E-state index contributed by atoms with van der Waals surface area (Å²) in [6, 6.07) is 9.66. The fourth-order valence-corrected chi connectivity index (χ4v) is 2.30. The van der Waals surface area contributed by atoms with E-state index in [1.807, 2.05) is 0 Å². The molecule has 0 spiro atoms. The van der Waals surface area contributed by atoms with Gasteiger partial charge in [-0.2, -0.15) is 4.98 Å². The Hall–Kier alpha value is -3.35. The van der Waals surface area contributed by atoms with E-state index < -0.39 is 0 Å². The van der Waals surface area contributed by atoms with Gasteiger partial charge < -0.3 is 5.32 Å². The van der Waals surface area contributed by atoms with Crippen molar-refractivity contribution in [3.05, 3.63) is 54.9 Å². The average molecular weight is 337 g/mol. The first-order valence-electron chi connectivity index (χ1n) is 7.64. The Morgan fingerprint density at radius 1 is 1.16 bits per heavy atom. The lowest BCUT2D eigenvalue weighted by Crippen LogP contribution is -2.12. The Morgan fingerprint density at radius 2 is 1.92 bits per heavy atom. The number of hydrogen-bond donors (Lipinski definition) is 2. The number of rotatable bonds is 5. The molecule has 3 aromatic rings. The summed E-state index contributed by atoms with van der Waals surface area (Å²) in [7, 11) is 0. The smallest absolute Gasteiger partial charge is 0.232 e. The number of aromatic nitrogens is 3. The largest absolute Gasteiger partial charge is 0.365 e. The first kappa shape index (κ1) is 16.5. The summed E-state index contributed by atoms with van der Waals surface area (Å²) < 4.78 is 13.1. The van der Waals surface area contributed by atoms with Crippen molar-refractivity contribution >= 4 is 28.7 Å². The van der Waals surface area contributed by atoms with Gasteiger partial charge in [0, 0.05) is 19.0 Å². The van der Waals surface area contributed by atoms with Crippen LogP contribution in [0.1, 0.15) is 6.92 Å². The van der Waals surface area contributed by atoms with E-state index in [1.165, 1.54) is 19.1 Å². The van der Waals surface area contributed by atoms with E-state index in [9.17, 15) is 9.18 Å². The summed E-state index contributed by atoms with van der Waals surface area (Å²) in [6.07, 6.45) is 1.69. The van der Waals surface area contributed by atoms with Crippen LogP contribution in [0.15, 0.2) is 49.1 Å². The van der Waals surface area contributed by atoms with Crippen LogP contribution in [0.5, 0.6) is 0 Å². The van der Waals surface area contributed by atoms with Gasteiger partial charge in [-0.05, 0) is 36.4 Å². The Kier molecular flexibility index (Phi) is 4.65. The number of hydrogen-bond acceptors (Lipinski definition) is 5. The van der Waals surface area contributed by atoms with E-state index in [2.05, 4.69) is 32.2 Å². The summed E-state index contributed by atoms with van der Waals surface area (Å²) in [4.78, 5) is 24.5. The van der Waals surface area contributed by atoms with Crippen LogP contribution >= 0.6 is 0 Å². The van der Waals surface area contributed by atoms with Crippen LogP contribution in [-0.2, 0) is 4.79 Å². The molecule has 0 saturated heterocycles. The van der Waals surface area contributed by atoms with E-state index in [0.717, 1.165) is 5.56 Å². The van der Waals surface area contributed by atoms with E-state index in [4.69, 9.17) is 0 Å². The van der Waals surface area contributed by atoms with Gasteiger partial charge >= 0.3 is 0 Å². The van der Waals surface area contributed by atoms with Gasteiger partial charge in [0.25, 0.3) is 0 Å². The maximum atomic E-state index is 13.1. The SMILES string of the molecule is C=CCNc1nc(NC(C)=O)nc2ccc(-c3ccc(F)cc3)nc12. The monoisotopic (exact) mass is 337 g/mol. The molecule has 0 fully saturated rings. The van der Waals surface area contributed by atoms with Crippen LogP contribution in [0.2, 0.25) is 0 Å². The van der Waals surface area contributed by atoms with Gasteiger partial charge in [0.15, 0.2) is 5.82 Å². The number of carbonyl (C=O) groups is 1. The third kappa shape index (κ3) is 3.77. The molecule has 0 bridgehead atoms. The molecule has 6 nitrogen and oxygen atoms in total. The van der Waals surface area contributed by atoms with Gasteiger partial charge in [-0.25, -0.2) is 14.4 Å². The molecule has 0 aliphatic rings. The fourth-order valence-electron chi connectivity index (χ4n) is 2.30. The quantitative estimate of drug-likeness (QED) is 0.698. The van der Waals surface area contributed by atoms with Gasteiger partial charge in [0.2, 0.25) is 11.9 Å². The second-order valence-electron chi connectivity index (χ2n) is 5.32. The number of nitrogens with one attached hydrogen (secondary N) is 2. The fraction of sp³-hybridized carbons (Fsp3) is 0.111. The third-order valence-electron chi connectivity index (χ3n) is 3.38. The highest BCUT2D eigenvalue weighted by molar-refractivity contribution is 5.92. The van der Waals surface area contributed by atoms with Gasteiger partial charge in [-0.3, -0.25) is 10.1 Å². The molecule has 126 valence electrons. The van der Waals surface area contributed by atoms with E-state index in [1.54, 1.807) is 30.3 Å². The minimum absolute atomic E-state index is 0.197. The number of fused-ring (bicyclic) bond motifs is 1. The van der Waals surface area contributed by atoms with Crippen molar-refractivity contribution in [2.24, 2.45) is 0 Å². The number of amides is 1. The molecular weight excluding hydrogens is 321 g/mol. The highest BCUT2D eigenvalue weighted by atomic mass is 19.1. The first-order chi connectivity index (χ1) is 12.1. The zero-order valence-electron chi connectivity index (χ0n) is 13.6. The van der Waals surface area contributed by atoms with E-state index in [0.29, 0.717) is 29.1 Å². The normalized spacial score (nSPS) is 10.5. The second kappa shape index (κ2) is 7.04. The summed E-state index contributed by atoms with van der Waals surface area (Å²) in [5.41, 5.74) is 2.59. The van der Waals surface area contributed by atoms with Crippen molar-refractivity contribution < 1.29 is 9.18 Å². The molecular formula is C18H16FN5O. The highest BCUT2D eigenvalue weighted by Gasteiger charge is 2.11. The summed E-state index contributed by atoms with van der Waals surface area (Å²) in [5, 5.41) is 5.67. The van der Waals surface area contributed by atoms with Crippen LogP contribution < -0.4 is 10.6 Å². The van der Waals surface area contributed by atoms with E-state index in [-0.39, 0.29) is 17.7 Å². The number of pyridine rings is 1. The van der Waals surface area contributed by atoms with Gasteiger partial charge in [0.1, 0.15) is 11.3 Å². The predicted molar refractivity (Wildman–Crippen MR) is 95.7 cm³/mol. The number of anilines is 2. The van der Waals surface area contributed by atoms with Crippen molar-refractivity contribution in [1.82, 2.24) is 15.0 Å². The second-order valence-corrected chi connectivity index (χ2v) is 5.32. The van der Waals surface area contributed by atoms with Crippen molar-refractivity contribution in [3.63, 3.8) is 0 Å². The van der Waals surface area contributed by atoms with Crippen LogP contribution in [-0.4, -0.2) is 27.4 Å². The molecule has 25 heavy (non-hydrogen) atoms. The number of nitrogens with zero attached hydrogens (tertiary/aromatic N) is 3.